The minimum atomic E-state index is -3.78. The van der Waals surface area contributed by atoms with Crippen LogP contribution >= 0.6 is 0 Å². The molecule has 2 aliphatic rings. The average molecular weight is 435 g/mol. The lowest BCUT2D eigenvalue weighted by Crippen LogP contribution is -2.43. The maximum Gasteiger partial charge on any atom is 0.283 e. The van der Waals surface area contributed by atoms with Crippen LogP contribution in [0.1, 0.15) is 45.4 Å². The molecule has 1 N–H and O–H groups in total. The Kier molecular flexibility index (Phi) is 7.12. The molecule has 0 spiro atoms. The molecule has 30 heavy (non-hydrogen) atoms. The smallest absolute Gasteiger partial charge is 0.283 e. The maximum absolute atomic E-state index is 12.6. The van der Waals surface area contributed by atoms with Gasteiger partial charge in [0.1, 0.15) is 5.84 Å². The summed E-state index contributed by atoms with van der Waals surface area (Å²) < 4.78 is 29.0. The van der Waals surface area contributed by atoms with Gasteiger partial charge >= 0.3 is 0 Å². The van der Waals surface area contributed by atoms with Crippen molar-refractivity contribution in [3.63, 3.8) is 0 Å². The van der Waals surface area contributed by atoms with Crippen LogP contribution in [0.25, 0.3) is 0 Å². The first-order chi connectivity index (χ1) is 14.3. The summed E-state index contributed by atoms with van der Waals surface area (Å²) in [6.07, 6.45) is 4.40. The van der Waals surface area contributed by atoms with Crippen LogP contribution in [0, 0.1) is 5.92 Å². The second kappa shape index (κ2) is 9.59. The average Bonchev–Trinajstić information content (AvgIpc) is 3.12. The predicted octanol–water partition coefficient (Wildman–Crippen LogP) is 2.48. The van der Waals surface area contributed by atoms with Crippen LogP contribution in [0.15, 0.2) is 33.6 Å². The fourth-order valence-corrected chi connectivity index (χ4v) is 4.94. The number of carbonyl (C=O) groups is 2. The van der Waals surface area contributed by atoms with Gasteiger partial charge in [-0.25, -0.2) is 0 Å². The summed E-state index contributed by atoms with van der Waals surface area (Å²) in [5, 5.41) is 2.85. The number of benzene rings is 1. The van der Waals surface area contributed by atoms with Crippen molar-refractivity contribution in [3.05, 3.63) is 24.3 Å². The summed E-state index contributed by atoms with van der Waals surface area (Å²) in [4.78, 5) is 28.5. The first kappa shape index (κ1) is 22.3. The number of anilines is 1. The Morgan fingerprint density at radius 1 is 1.17 bits per heavy atom. The Labute approximate surface area is 178 Å². The second-order valence-electron chi connectivity index (χ2n) is 7.95. The number of amidine groups is 1. The molecular formula is C21H30N4O4S. The fraction of sp³-hybridized carbons (Fsp3) is 0.571. The number of hydrogen-bond acceptors (Lipinski definition) is 4. The van der Waals surface area contributed by atoms with Gasteiger partial charge in [0, 0.05) is 45.2 Å². The molecule has 0 bridgehead atoms. The van der Waals surface area contributed by atoms with Gasteiger partial charge in [0.15, 0.2) is 0 Å². The molecule has 2 saturated heterocycles. The van der Waals surface area contributed by atoms with Crippen LogP contribution in [0.2, 0.25) is 0 Å². The van der Waals surface area contributed by atoms with E-state index in [0.29, 0.717) is 37.5 Å². The van der Waals surface area contributed by atoms with E-state index in [-0.39, 0.29) is 22.6 Å². The summed E-state index contributed by atoms with van der Waals surface area (Å²) in [6, 6.07) is 6.07. The largest absolute Gasteiger partial charge is 0.362 e. The molecule has 0 radical (unpaired) electrons. The number of sulfonamides is 1. The van der Waals surface area contributed by atoms with E-state index in [0.717, 1.165) is 32.2 Å². The lowest BCUT2D eigenvalue weighted by Gasteiger charge is -2.32. The molecule has 8 nitrogen and oxygen atoms in total. The lowest BCUT2D eigenvalue weighted by molar-refractivity contribution is -0.134. The van der Waals surface area contributed by atoms with Crippen LogP contribution in [-0.4, -0.2) is 62.5 Å². The highest BCUT2D eigenvalue weighted by molar-refractivity contribution is 7.90. The molecule has 0 aliphatic carbocycles. The number of carbonyl (C=O) groups excluding carboxylic acids is 2. The fourth-order valence-electron chi connectivity index (χ4n) is 3.85. The van der Waals surface area contributed by atoms with Crippen molar-refractivity contribution in [1.29, 1.82) is 0 Å². The summed E-state index contributed by atoms with van der Waals surface area (Å²) >= 11 is 0. The van der Waals surface area contributed by atoms with E-state index in [4.69, 9.17) is 0 Å². The highest BCUT2D eigenvalue weighted by atomic mass is 32.2. The topological polar surface area (TPSA) is 99.2 Å². The SMILES string of the molecule is CCCC(=O)N1CCCC(C(=O)Nc2ccc(S(=O)(=O)/N=C3/CCCN3C)cc2)C1. The van der Waals surface area contributed by atoms with Crippen molar-refractivity contribution in [2.75, 3.05) is 32.0 Å². The Morgan fingerprint density at radius 3 is 2.53 bits per heavy atom. The Morgan fingerprint density at radius 2 is 1.90 bits per heavy atom. The third-order valence-electron chi connectivity index (χ3n) is 5.59. The number of hydrogen-bond donors (Lipinski definition) is 1. The molecule has 1 unspecified atom stereocenters. The van der Waals surface area contributed by atoms with Gasteiger partial charge in [-0.05, 0) is 49.9 Å². The first-order valence-electron chi connectivity index (χ1n) is 10.5. The number of amides is 2. The maximum atomic E-state index is 12.6. The molecule has 1 aromatic rings. The van der Waals surface area contributed by atoms with E-state index in [9.17, 15) is 18.0 Å². The Bertz CT molecular complexity index is 911. The molecule has 9 heteroatoms. The zero-order valence-corrected chi connectivity index (χ0v) is 18.5. The minimum absolute atomic E-state index is 0.0964. The summed E-state index contributed by atoms with van der Waals surface area (Å²) in [5.41, 5.74) is 0.529. The van der Waals surface area contributed by atoms with Crippen molar-refractivity contribution in [3.8, 4) is 0 Å². The Hall–Kier alpha value is -2.42. The zero-order valence-electron chi connectivity index (χ0n) is 17.6. The molecule has 0 saturated carbocycles. The van der Waals surface area contributed by atoms with E-state index in [2.05, 4.69) is 9.71 Å². The molecule has 1 atom stereocenters. The zero-order chi connectivity index (χ0) is 21.7. The number of nitrogens with zero attached hydrogens (tertiary/aromatic N) is 3. The number of likely N-dealkylation sites (tertiary alicyclic amines) is 2. The number of rotatable bonds is 6. The molecule has 3 rings (SSSR count). The minimum Gasteiger partial charge on any atom is -0.362 e. The monoisotopic (exact) mass is 434 g/mol. The third kappa shape index (κ3) is 5.38. The second-order valence-corrected chi connectivity index (χ2v) is 9.55. The quantitative estimate of drug-likeness (QED) is 0.742. The normalized spacial score (nSPS) is 21.1. The molecule has 2 fully saturated rings. The van der Waals surface area contributed by atoms with Gasteiger partial charge in [-0.2, -0.15) is 8.42 Å². The van der Waals surface area contributed by atoms with E-state index < -0.39 is 10.0 Å². The van der Waals surface area contributed by atoms with Gasteiger partial charge in [-0.1, -0.05) is 6.92 Å². The van der Waals surface area contributed by atoms with Crippen LogP contribution in [0.5, 0.6) is 0 Å². The molecule has 1 aromatic carbocycles. The van der Waals surface area contributed by atoms with Crippen LogP contribution < -0.4 is 5.32 Å². The van der Waals surface area contributed by atoms with Crippen LogP contribution in [-0.2, 0) is 19.6 Å². The van der Waals surface area contributed by atoms with Crippen LogP contribution in [0.3, 0.4) is 0 Å². The third-order valence-corrected chi connectivity index (χ3v) is 6.91. The van der Waals surface area contributed by atoms with E-state index >= 15 is 0 Å². The van der Waals surface area contributed by atoms with Crippen LogP contribution in [0.4, 0.5) is 5.69 Å². The van der Waals surface area contributed by atoms with Gasteiger partial charge in [0.25, 0.3) is 10.0 Å². The molecule has 2 amide bonds. The molecule has 2 aliphatic heterocycles. The van der Waals surface area contributed by atoms with Gasteiger partial charge in [0.05, 0.1) is 10.8 Å². The van der Waals surface area contributed by atoms with E-state index in [1.807, 2.05) is 18.9 Å². The standard InChI is InChI=1S/C21H30N4O4S/c1-3-6-20(26)25-14-4-7-16(15-25)21(27)22-17-9-11-18(12-10-17)30(28,29)23-19-8-5-13-24(19)2/h9-12,16H,3-8,13-15H2,1-2H3,(H,22,27)/b23-19-. The first-order valence-corrected chi connectivity index (χ1v) is 12.0. The molecular weight excluding hydrogens is 404 g/mol. The Balaban J connectivity index is 1.62. The van der Waals surface area contributed by atoms with E-state index in [1.165, 1.54) is 12.1 Å². The predicted molar refractivity (Wildman–Crippen MR) is 116 cm³/mol. The van der Waals surface area contributed by atoms with Crippen molar-refractivity contribution in [2.45, 2.75) is 50.3 Å². The lowest BCUT2D eigenvalue weighted by atomic mass is 9.96. The van der Waals surface area contributed by atoms with Crippen molar-refractivity contribution in [1.82, 2.24) is 9.80 Å². The van der Waals surface area contributed by atoms with Crippen molar-refractivity contribution < 1.29 is 18.0 Å². The highest BCUT2D eigenvalue weighted by Crippen LogP contribution is 2.22. The van der Waals surface area contributed by atoms with Gasteiger partial charge in [-0.3, -0.25) is 9.59 Å². The summed E-state index contributed by atoms with van der Waals surface area (Å²) in [5.74, 6) is 0.269. The summed E-state index contributed by atoms with van der Waals surface area (Å²) in [7, 11) is -1.94. The molecule has 2 heterocycles. The van der Waals surface area contributed by atoms with E-state index in [1.54, 1.807) is 17.0 Å². The summed E-state index contributed by atoms with van der Waals surface area (Å²) in [6.45, 7) is 3.91. The van der Waals surface area contributed by atoms with Gasteiger partial charge in [-0.15, -0.1) is 4.40 Å². The number of piperidine rings is 1. The highest BCUT2D eigenvalue weighted by Gasteiger charge is 2.28. The van der Waals surface area contributed by atoms with Crippen molar-refractivity contribution in [2.24, 2.45) is 10.3 Å². The van der Waals surface area contributed by atoms with Crippen molar-refractivity contribution >= 4 is 33.4 Å². The van der Waals surface area contributed by atoms with Gasteiger partial charge < -0.3 is 15.1 Å². The molecule has 164 valence electrons. The molecule has 0 aromatic heterocycles. The number of nitrogens with one attached hydrogen (secondary N) is 1. The van der Waals surface area contributed by atoms with Gasteiger partial charge in [0.2, 0.25) is 11.8 Å².